The van der Waals surface area contributed by atoms with Crippen molar-refractivity contribution >= 4 is 45.9 Å². The fourth-order valence-electron chi connectivity index (χ4n) is 3.09. The lowest BCUT2D eigenvalue weighted by molar-refractivity contribution is -0.110. The van der Waals surface area contributed by atoms with E-state index in [0.717, 1.165) is 22.0 Å². The highest BCUT2D eigenvalue weighted by Crippen LogP contribution is 2.38. The van der Waals surface area contributed by atoms with Crippen molar-refractivity contribution in [1.82, 2.24) is 15.5 Å². The van der Waals surface area contributed by atoms with E-state index in [0.29, 0.717) is 16.9 Å². The number of fused-ring (bicyclic) bond motifs is 2. The van der Waals surface area contributed by atoms with Crippen molar-refractivity contribution in [2.75, 3.05) is 10.6 Å². The van der Waals surface area contributed by atoms with E-state index in [9.17, 15) is 9.59 Å². The minimum absolute atomic E-state index is 0.0178. The Morgan fingerprint density at radius 2 is 2.07 bits per heavy atom. The Morgan fingerprint density at radius 3 is 2.89 bits per heavy atom. The number of aromatic amines is 1. The highest BCUT2D eigenvalue weighted by Gasteiger charge is 2.27. The maximum Gasteiger partial charge on any atom is 0.319 e. The molecule has 4 rings (SSSR count). The van der Waals surface area contributed by atoms with Crippen LogP contribution in [0.4, 0.5) is 16.2 Å². The van der Waals surface area contributed by atoms with Crippen molar-refractivity contribution < 1.29 is 9.59 Å². The topological polar surface area (TPSA) is 98.9 Å². The van der Waals surface area contributed by atoms with Crippen LogP contribution >= 0.6 is 0 Å². The summed E-state index contributed by atoms with van der Waals surface area (Å²) in [4.78, 5) is 24.6. The van der Waals surface area contributed by atoms with Crippen LogP contribution in [0.15, 0.2) is 42.6 Å². The molecule has 1 aliphatic rings. The molecule has 0 radical (unpaired) electrons. The first-order valence-electron chi connectivity index (χ1n) is 8.68. The molecule has 0 bridgehead atoms. The van der Waals surface area contributed by atoms with E-state index >= 15 is 0 Å². The Morgan fingerprint density at radius 1 is 1.22 bits per heavy atom. The number of para-hydroxylation sites is 1. The fourth-order valence-corrected chi connectivity index (χ4v) is 3.09. The molecule has 27 heavy (non-hydrogen) atoms. The first kappa shape index (κ1) is 16.8. The summed E-state index contributed by atoms with van der Waals surface area (Å²) >= 11 is 0. The van der Waals surface area contributed by atoms with Crippen molar-refractivity contribution in [1.29, 1.82) is 0 Å². The first-order chi connectivity index (χ1) is 13.0. The van der Waals surface area contributed by atoms with Crippen LogP contribution in [0.2, 0.25) is 0 Å². The van der Waals surface area contributed by atoms with E-state index in [1.165, 1.54) is 0 Å². The Bertz CT molecular complexity index is 1080. The van der Waals surface area contributed by atoms with Gasteiger partial charge in [-0.05, 0) is 37.6 Å². The van der Waals surface area contributed by atoms with Gasteiger partial charge in [-0.2, -0.15) is 5.10 Å². The number of urea groups is 1. The van der Waals surface area contributed by atoms with Gasteiger partial charge in [0.1, 0.15) is 0 Å². The van der Waals surface area contributed by atoms with E-state index in [1.54, 1.807) is 12.3 Å². The normalized spacial score (nSPS) is 14.5. The molecule has 2 aromatic carbocycles. The molecule has 0 saturated heterocycles. The Kier molecular flexibility index (Phi) is 4.12. The second-order valence-corrected chi connectivity index (χ2v) is 6.71. The van der Waals surface area contributed by atoms with Crippen molar-refractivity contribution in [3.8, 4) is 0 Å². The Balaban J connectivity index is 1.69. The third kappa shape index (κ3) is 3.27. The molecule has 0 fully saturated rings. The minimum atomic E-state index is -0.310. The van der Waals surface area contributed by atoms with Gasteiger partial charge in [-0.15, -0.1) is 0 Å². The van der Waals surface area contributed by atoms with Crippen molar-refractivity contribution in [2.24, 2.45) is 0 Å². The molecule has 0 unspecified atom stereocenters. The first-order valence-corrected chi connectivity index (χ1v) is 8.68. The number of aromatic nitrogens is 2. The smallest absolute Gasteiger partial charge is 0.319 e. The zero-order valence-corrected chi connectivity index (χ0v) is 15.0. The van der Waals surface area contributed by atoms with Gasteiger partial charge in [0.25, 0.3) is 5.91 Å². The number of carbonyl (C=O) groups excluding carboxylic acids is 2. The van der Waals surface area contributed by atoms with Crippen molar-refractivity contribution in [2.45, 2.75) is 19.9 Å². The van der Waals surface area contributed by atoms with Gasteiger partial charge >= 0.3 is 6.03 Å². The molecular weight excluding hydrogens is 342 g/mol. The van der Waals surface area contributed by atoms with Gasteiger partial charge < -0.3 is 16.0 Å². The van der Waals surface area contributed by atoms with Crippen LogP contribution < -0.4 is 16.0 Å². The van der Waals surface area contributed by atoms with Gasteiger partial charge in [-0.3, -0.25) is 9.89 Å². The molecule has 4 N–H and O–H groups in total. The quantitative estimate of drug-likeness (QED) is 0.537. The van der Waals surface area contributed by atoms with E-state index in [1.807, 2.05) is 50.3 Å². The lowest BCUT2D eigenvalue weighted by atomic mass is 10.0. The summed E-state index contributed by atoms with van der Waals surface area (Å²) in [6, 6.07) is 11.0. The molecule has 1 aromatic heterocycles. The molecule has 7 nitrogen and oxygen atoms in total. The third-order valence-corrected chi connectivity index (χ3v) is 4.28. The summed E-state index contributed by atoms with van der Waals surface area (Å²) in [6.07, 6.45) is 3.59. The minimum Gasteiger partial charge on any atom is -0.336 e. The van der Waals surface area contributed by atoms with E-state index < -0.39 is 0 Å². The molecule has 3 amide bonds. The van der Waals surface area contributed by atoms with Gasteiger partial charge in [-0.25, -0.2) is 4.79 Å². The summed E-state index contributed by atoms with van der Waals surface area (Å²) in [6.45, 7) is 3.77. The number of amides is 3. The summed E-state index contributed by atoms with van der Waals surface area (Å²) in [5.74, 6) is -0.201. The van der Waals surface area contributed by atoms with E-state index in [2.05, 4.69) is 26.1 Å². The van der Waals surface area contributed by atoms with Crippen LogP contribution in [0.25, 0.3) is 22.6 Å². The fraction of sp³-hybridized carbons (Fsp3) is 0.150. The van der Waals surface area contributed by atoms with Crippen LogP contribution in [0.1, 0.15) is 25.0 Å². The molecular formula is C20H19N5O2. The number of rotatable bonds is 3. The Labute approximate surface area is 155 Å². The zero-order valence-electron chi connectivity index (χ0n) is 15.0. The molecule has 7 heteroatoms. The summed E-state index contributed by atoms with van der Waals surface area (Å²) < 4.78 is 0. The maximum absolute atomic E-state index is 12.5. The largest absolute Gasteiger partial charge is 0.336 e. The molecule has 0 saturated carbocycles. The summed E-state index contributed by atoms with van der Waals surface area (Å²) in [7, 11) is 0. The van der Waals surface area contributed by atoms with Crippen LogP contribution in [0.3, 0.4) is 0 Å². The molecule has 0 atom stereocenters. The molecule has 0 spiro atoms. The van der Waals surface area contributed by atoms with Gasteiger partial charge in [-0.1, -0.05) is 24.3 Å². The van der Waals surface area contributed by atoms with Gasteiger partial charge in [0, 0.05) is 22.6 Å². The second-order valence-electron chi connectivity index (χ2n) is 6.71. The maximum atomic E-state index is 12.5. The number of benzene rings is 2. The van der Waals surface area contributed by atoms with Gasteiger partial charge in [0.2, 0.25) is 0 Å². The standard InChI is InChI=1S/C20H19N5O2/c1-11(2)22-20(27)23-16-5-3-4-14-15(19(26)24-18(14)16)8-12-6-7-13-10-21-25-17(13)9-12/h3-11H,1-2H3,(H,21,25)(H,24,26)(H2,22,23,27)/b15-8+. The third-order valence-electron chi connectivity index (χ3n) is 4.28. The predicted octanol–water partition coefficient (Wildman–Crippen LogP) is 3.59. The summed E-state index contributed by atoms with van der Waals surface area (Å²) in [5.41, 5.74) is 4.27. The lowest BCUT2D eigenvalue weighted by Gasteiger charge is -2.12. The number of hydrogen-bond acceptors (Lipinski definition) is 3. The van der Waals surface area contributed by atoms with Gasteiger partial charge in [0.15, 0.2) is 0 Å². The second kappa shape index (κ2) is 6.60. The lowest BCUT2D eigenvalue weighted by Crippen LogP contribution is -2.34. The number of carbonyl (C=O) groups is 2. The summed E-state index contributed by atoms with van der Waals surface area (Å²) in [5, 5.41) is 16.4. The van der Waals surface area contributed by atoms with Crippen LogP contribution in [0, 0.1) is 0 Å². The molecule has 136 valence electrons. The number of hydrogen-bond donors (Lipinski definition) is 4. The Hall–Kier alpha value is -3.61. The van der Waals surface area contributed by atoms with Crippen molar-refractivity contribution in [3.63, 3.8) is 0 Å². The van der Waals surface area contributed by atoms with Crippen LogP contribution in [-0.4, -0.2) is 28.2 Å². The number of H-pyrrole nitrogens is 1. The van der Waals surface area contributed by atoms with E-state index in [-0.39, 0.29) is 18.0 Å². The average Bonchev–Trinajstić information content (AvgIpc) is 3.19. The highest BCUT2D eigenvalue weighted by atomic mass is 16.2. The average molecular weight is 361 g/mol. The molecule has 2 heterocycles. The zero-order chi connectivity index (χ0) is 19.0. The van der Waals surface area contributed by atoms with Crippen LogP contribution in [-0.2, 0) is 4.79 Å². The molecule has 1 aliphatic heterocycles. The number of nitrogens with one attached hydrogen (secondary N) is 4. The SMILES string of the molecule is CC(C)NC(=O)Nc1cccc2c1NC(=O)/C2=C/c1ccc2cn[nH]c2c1. The molecule has 0 aliphatic carbocycles. The highest BCUT2D eigenvalue weighted by molar-refractivity contribution is 6.36. The molecule has 3 aromatic rings. The number of anilines is 2. The number of nitrogens with zero attached hydrogens (tertiary/aromatic N) is 1. The van der Waals surface area contributed by atoms with E-state index in [4.69, 9.17) is 0 Å². The monoisotopic (exact) mass is 361 g/mol. The van der Waals surface area contributed by atoms with Crippen LogP contribution in [0.5, 0.6) is 0 Å². The predicted molar refractivity (Wildman–Crippen MR) is 106 cm³/mol. The van der Waals surface area contributed by atoms with Gasteiger partial charge in [0.05, 0.1) is 23.1 Å². The van der Waals surface area contributed by atoms with Crippen molar-refractivity contribution in [3.05, 3.63) is 53.7 Å².